The van der Waals surface area contributed by atoms with Crippen LogP contribution in [0.3, 0.4) is 0 Å². The molecule has 166 valence electrons. The first-order valence-electron chi connectivity index (χ1n) is 11.2. The quantitative estimate of drug-likeness (QED) is 0.456. The van der Waals surface area contributed by atoms with Crippen molar-refractivity contribution >= 4 is 28.3 Å². The highest BCUT2D eigenvalue weighted by molar-refractivity contribution is 6.06. The smallest absolute Gasteiger partial charge is 0.228 e. The molecule has 1 unspecified atom stereocenters. The summed E-state index contributed by atoms with van der Waals surface area (Å²) in [4.78, 5) is 29.4. The molecule has 33 heavy (non-hydrogen) atoms. The van der Waals surface area contributed by atoms with Gasteiger partial charge in [-0.25, -0.2) is 0 Å². The summed E-state index contributed by atoms with van der Waals surface area (Å²) in [5.74, 6) is -0.364. The van der Waals surface area contributed by atoms with E-state index < -0.39 is 0 Å². The number of anilines is 1. The third-order valence-electron chi connectivity index (χ3n) is 6.20. The molecule has 5 rings (SSSR count). The van der Waals surface area contributed by atoms with E-state index in [9.17, 15) is 9.59 Å². The van der Waals surface area contributed by atoms with Gasteiger partial charge in [0.05, 0.1) is 24.3 Å². The molecule has 0 N–H and O–H groups in total. The highest BCUT2D eigenvalue weighted by Gasteiger charge is 2.37. The van der Waals surface area contributed by atoms with Crippen LogP contribution < -0.4 is 4.90 Å². The Morgan fingerprint density at radius 3 is 2.61 bits per heavy atom. The Labute approximate surface area is 193 Å². The molecule has 0 spiro atoms. The van der Waals surface area contributed by atoms with E-state index in [1.807, 2.05) is 71.5 Å². The van der Waals surface area contributed by atoms with Crippen LogP contribution in [-0.2, 0) is 22.7 Å². The molecule has 2 heterocycles. The molecule has 1 aliphatic rings. The molecule has 1 aromatic heterocycles. The number of rotatable bonds is 6. The number of benzene rings is 3. The molecular weight excluding hydrogens is 412 g/mol. The van der Waals surface area contributed by atoms with Crippen LogP contribution >= 0.6 is 0 Å². The minimum Gasteiger partial charge on any atom is -0.341 e. The van der Waals surface area contributed by atoms with Crippen LogP contribution in [0.4, 0.5) is 5.69 Å². The Balaban J connectivity index is 1.25. The Kier molecular flexibility index (Phi) is 5.65. The lowest BCUT2D eigenvalue weighted by Gasteiger charge is -2.22. The van der Waals surface area contributed by atoms with Gasteiger partial charge in [0.25, 0.3) is 0 Å². The average Bonchev–Trinajstić information content (AvgIpc) is 3.44. The standard InChI is InChI=1S/C27H26N4O2/c1-29(16-21-15-28-30(18-21)17-20-8-3-2-4-9-20)27(33)23-14-26(32)31(19-23)25-13-7-11-22-10-5-6-12-24(22)25/h2-13,15,18,23H,14,16-17,19H2,1H3. The van der Waals surface area contributed by atoms with E-state index in [0.29, 0.717) is 19.6 Å². The lowest BCUT2D eigenvalue weighted by Crippen LogP contribution is -2.34. The van der Waals surface area contributed by atoms with Gasteiger partial charge in [-0.2, -0.15) is 5.10 Å². The van der Waals surface area contributed by atoms with E-state index in [1.165, 1.54) is 5.56 Å². The topological polar surface area (TPSA) is 58.4 Å². The number of carbonyl (C=O) groups excluding carboxylic acids is 2. The number of fused-ring (bicyclic) bond motifs is 1. The van der Waals surface area contributed by atoms with Crippen LogP contribution in [0.5, 0.6) is 0 Å². The van der Waals surface area contributed by atoms with Crippen LogP contribution in [0.25, 0.3) is 10.8 Å². The third kappa shape index (κ3) is 4.37. The molecule has 1 saturated heterocycles. The second-order valence-corrected chi connectivity index (χ2v) is 8.63. The van der Waals surface area contributed by atoms with E-state index in [4.69, 9.17) is 0 Å². The van der Waals surface area contributed by atoms with Gasteiger partial charge in [-0.1, -0.05) is 66.7 Å². The molecule has 0 saturated carbocycles. The summed E-state index contributed by atoms with van der Waals surface area (Å²) in [6, 6.07) is 24.1. The maximum absolute atomic E-state index is 13.2. The van der Waals surface area contributed by atoms with Crippen molar-refractivity contribution in [2.24, 2.45) is 5.92 Å². The molecule has 4 aromatic rings. The van der Waals surface area contributed by atoms with Crippen molar-refractivity contribution in [2.75, 3.05) is 18.5 Å². The normalized spacial score (nSPS) is 15.8. The summed E-state index contributed by atoms with van der Waals surface area (Å²) in [5.41, 5.74) is 3.02. The minimum atomic E-state index is -0.346. The Morgan fingerprint density at radius 2 is 1.76 bits per heavy atom. The molecule has 1 aliphatic heterocycles. The fourth-order valence-electron chi connectivity index (χ4n) is 4.56. The largest absolute Gasteiger partial charge is 0.341 e. The molecule has 6 heteroatoms. The number of hydrogen-bond donors (Lipinski definition) is 0. The highest BCUT2D eigenvalue weighted by Crippen LogP contribution is 2.32. The molecule has 0 radical (unpaired) electrons. The zero-order valence-electron chi connectivity index (χ0n) is 18.6. The van der Waals surface area contributed by atoms with Crippen molar-refractivity contribution in [3.05, 3.63) is 96.3 Å². The van der Waals surface area contributed by atoms with Gasteiger partial charge in [0.2, 0.25) is 11.8 Å². The molecule has 0 aliphatic carbocycles. The predicted molar refractivity (Wildman–Crippen MR) is 129 cm³/mol. The van der Waals surface area contributed by atoms with E-state index in [0.717, 1.165) is 22.0 Å². The molecule has 1 atom stereocenters. The number of carbonyl (C=O) groups is 2. The van der Waals surface area contributed by atoms with E-state index in [2.05, 4.69) is 17.2 Å². The van der Waals surface area contributed by atoms with Crippen molar-refractivity contribution < 1.29 is 9.59 Å². The van der Waals surface area contributed by atoms with Gasteiger partial charge < -0.3 is 9.80 Å². The summed E-state index contributed by atoms with van der Waals surface area (Å²) in [5, 5.41) is 6.54. The molecule has 0 bridgehead atoms. The van der Waals surface area contributed by atoms with Crippen LogP contribution in [0.1, 0.15) is 17.5 Å². The van der Waals surface area contributed by atoms with E-state index in [1.54, 1.807) is 23.0 Å². The minimum absolute atomic E-state index is 0.00576. The van der Waals surface area contributed by atoms with Gasteiger partial charge >= 0.3 is 0 Å². The monoisotopic (exact) mass is 438 g/mol. The Hall–Kier alpha value is -3.93. The Bertz CT molecular complexity index is 1290. The molecule has 3 aromatic carbocycles. The van der Waals surface area contributed by atoms with Crippen LogP contribution in [0.2, 0.25) is 0 Å². The van der Waals surface area contributed by atoms with Crippen molar-refractivity contribution in [3.8, 4) is 0 Å². The molecular formula is C27H26N4O2. The summed E-state index contributed by atoms with van der Waals surface area (Å²) in [7, 11) is 1.79. The van der Waals surface area contributed by atoms with Gasteiger partial charge in [-0.3, -0.25) is 14.3 Å². The maximum Gasteiger partial charge on any atom is 0.228 e. The van der Waals surface area contributed by atoms with Gasteiger partial charge in [0, 0.05) is 43.7 Å². The molecule has 2 amide bonds. The van der Waals surface area contributed by atoms with Crippen LogP contribution in [-0.4, -0.2) is 40.1 Å². The first-order valence-corrected chi connectivity index (χ1v) is 11.2. The van der Waals surface area contributed by atoms with Crippen molar-refractivity contribution in [1.29, 1.82) is 0 Å². The predicted octanol–water partition coefficient (Wildman–Crippen LogP) is 4.10. The number of amides is 2. The van der Waals surface area contributed by atoms with Crippen molar-refractivity contribution in [2.45, 2.75) is 19.5 Å². The SMILES string of the molecule is CN(Cc1cnn(Cc2ccccc2)c1)C(=O)C1CC(=O)N(c2cccc3ccccc23)C1. The number of nitrogens with zero attached hydrogens (tertiary/aromatic N) is 4. The summed E-state index contributed by atoms with van der Waals surface area (Å²) in [6.07, 6.45) is 4.01. The first kappa shape index (κ1) is 20.9. The lowest BCUT2D eigenvalue weighted by atomic mass is 10.1. The number of aromatic nitrogens is 2. The zero-order chi connectivity index (χ0) is 22.8. The molecule has 1 fully saturated rings. The van der Waals surface area contributed by atoms with Crippen molar-refractivity contribution in [3.63, 3.8) is 0 Å². The highest BCUT2D eigenvalue weighted by atomic mass is 16.2. The Morgan fingerprint density at radius 1 is 1.00 bits per heavy atom. The second kappa shape index (κ2) is 8.90. The fraction of sp³-hybridized carbons (Fsp3) is 0.222. The molecule has 6 nitrogen and oxygen atoms in total. The van der Waals surface area contributed by atoms with Gasteiger partial charge in [0.15, 0.2) is 0 Å². The summed E-state index contributed by atoms with van der Waals surface area (Å²) >= 11 is 0. The summed E-state index contributed by atoms with van der Waals surface area (Å²) < 4.78 is 1.88. The van der Waals surface area contributed by atoms with Crippen LogP contribution in [0.15, 0.2) is 85.2 Å². The fourth-order valence-corrected chi connectivity index (χ4v) is 4.56. The second-order valence-electron chi connectivity index (χ2n) is 8.63. The van der Waals surface area contributed by atoms with Gasteiger partial charge in [0.1, 0.15) is 0 Å². The van der Waals surface area contributed by atoms with E-state index >= 15 is 0 Å². The maximum atomic E-state index is 13.2. The average molecular weight is 439 g/mol. The van der Waals surface area contributed by atoms with Crippen LogP contribution in [0, 0.1) is 5.92 Å². The van der Waals surface area contributed by atoms with Crippen molar-refractivity contribution in [1.82, 2.24) is 14.7 Å². The van der Waals surface area contributed by atoms with E-state index in [-0.39, 0.29) is 24.2 Å². The summed E-state index contributed by atoms with van der Waals surface area (Å²) in [6.45, 7) is 1.56. The zero-order valence-corrected chi connectivity index (χ0v) is 18.6. The lowest BCUT2D eigenvalue weighted by molar-refractivity contribution is -0.135. The van der Waals surface area contributed by atoms with Gasteiger partial charge in [-0.05, 0) is 17.0 Å². The number of hydrogen-bond acceptors (Lipinski definition) is 3. The third-order valence-corrected chi connectivity index (χ3v) is 6.20. The van der Waals surface area contributed by atoms with Gasteiger partial charge in [-0.15, -0.1) is 0 Å². The first-order chi connectivity index (χ1) is 16.1.